The summed E-state index contributed by atoms with van der Waals surface area (Å²) in [5.41, 5.74) is 2.25. The first-order valence-electron chi connectivity index (χ1n) is 8.59. The predicted octanol–water partition coefficient (Wildman–Crippen LogP) is 2.00. The number of benzene rings is 1. The van der Waals surface area contributed by atoms with Crippen molar-refractivity contribution < 1.29 is 19.5 Å². The molecule has 0 bridgehead atoms. The van der Waals surface area contributed by atoms with Gasteiger partial charge in [-0.1, -0.05) is 43.7 Å². The number of aryl methyl sites for hydroxylation is 2. The Balaban J connectivity index is 2.41. The van der Waals surface area contributed by atoms with Crippen LogP contribution in [-0.4, -0.2) is 47.4 Å². The summed E-state index contributed by atoms with van der Waals surface area (Å²) in [5.74, 6) is -1.14. The Labute approximate surface area is 149 Å². The fraction of sp³-hybridized carbons (Fsp3) is 0.526. The maximum absolute atomic E-state index is 12.2. The number of amides is 2. The van der Waals surface area contributed by atoms with Gasteiger partial charge in [-0.05, 0) is 24.8 Å². The summed E-state index contributed by atoms with van der Waals surface area (Å²) in [4.78, 5) is 36.4. The molecule has 0 aromatic heterocycles. The summed E-state index contributed by atoms with van der Waals surface area (Å²) in [6.07, 6.45) is 0.838. The smallest absolute Gasteiger partial charge is 0.305 e. The topological polar surface area (TPSA) is 86.7 Å². The lowest BCUT2D eigenvalue weighted by Crippen LogP contribution is -2.42. The summed E-state index contributed by atoms with van der Waals surface area (Å²) < 4.78 is 0. The van der Waals surface area contributed by atoms with Gasteiger partial charge in [-0.15, -0.1) is 0 Å². The first kappa shape index (κ1) is 20.7. The van der Waals surface area contributed by atoms with Gasteiger partial charge in [0.1, 0.15) is 0 Å². The van der Waals surface area contributed by atoms with Crippen LogP contribution < -0.4 is 5.32 Å². The van der Waals surface area contributed by atoms with E-state index in [1.165, 1.54) is 10.5 Å². The summed E-state index contributed by atoms with van der Waals surface area (Å²) >= 11 is 0. The molecule has 0 aliphatic heterocycles. The molecule has 0 heterocycles. The molecule has 0 spiro atoms. The van der Waals surface area contributed by atoms with Crippen LogP contribution in [0.1, 0.15) is 37.8 Å². The standard InChI is InChI=1S/C19H28N2O4/c1-14(2)13-21(11-10-19(24)25)18(23)12-20-17(22)9-8-16-6-4-15(3)5-7-16/h4-7,14H,8-13H2,1-3H3,(H,20,22)(H,24,25). The summed E-state index contributed by atoms with van der Waals surface area (Å²) in [7, 11) is 0. The zero-order valence-electron chi connectivity index (χ0n) is 15.2. The molecule has 0 atom stereocenters. The van der Waals surface area contributed by atoms with Gasteiger partial charge in [-0.25, -0.2) is 0 Å². The SMILES string of the molecule is Cc1ccc(CCC(=O)NCC(=O)N(CCC(=O)O)CC(C)C)cc1. The molecular weight excluding hydrogens is 320 g/mol. The van der Waals surface area contributed by atoms with Crippen molar-refractivity contribution in [2.45, 2.75) is 40.0 Å². The van der Waals surface area contributed by atoms with Crippen molar-refractivity contribution in [2.24, 2.45) is 5.92 Å². The molecule has 2 N–H and O–H groups in total. The summed E-state index contributed by atoms with van der Waals surface area (Å²) in [6, 6.07) is 7.99. The minimum atomic E-state index is -0.941. The van der Waals surface area contributed by atoms with Crippen LogP contribution >= 0.6 is 0 Å². The molecule has 6 nitrogen and oxygen atoms in total. The molecule has 1 rings (SSSR count). The van der Waals surface area contributed by atoms with E-state index in [0.717, 1.165) is 5.56 Å². The molecule has 138 valence electrons. The summed E-state index contributed by atoms with van der Waals surface area (Å²) in [6.45, 7) is 6.47. The van der Waals surface area contributed by atoms with E-state index in [1.807, 2.05) is 45.0 Å². The number of hydrogen-bond donors (Lipinski definition) is 2. The van der Waals surface area contributed by atoms with Crippen LogP contribution in [0.5, 0.6) is 0 Å². The lowest BCUT2D eigenvalue weighted by Gasteiger charge is -2.24. The molecule has 2 amide bonds. The molecule has 0 aliphatic rings. The number of aliphatic carboxylic acids is 1. The number of carbonyl (C=O) groups excluding carboxylic acids is 2. The Kier molecular flexibility index (Phi) is 8.67. The maximum atomic E-state index is 12.2. The van der Waals surface area contributed by atoms with E-state index in [2.05, 4.69) is 5.32 Å². The predicted molar refractivity (Wildman–Crippen MR) is 96.2 cm³/mol. The highest BCUT2D eigenvalue weighted by molar-refractivity contribution is 5.85. The van der Waals surface area contributed by atoms with Gasteiger partial charge < -0.3 is 15.3 Å². The number of nitrogens with one attached hydrogen (secondary N) is 1. The van der Waals surface area contributed by atoms with Crippen LogP contribution in [0.4, 0.5) is 0 Å². The number of hydrogen-bond acceptors (Lipinski definition) is 3. The van der Waals surface area contributed by atoms with E-state index in [4.69, 9.17) is 5.11 Å². The zero-order chi connectivity index (χ0) is 18.8. The Morgan fingerprint density at radius 2 is 1.76 bits per heavy atom. The van der Waals surface area contributed by atoms with Gasteiger partial charge in [-0.2, -0.15) is 0 Å². The molecule has 1 aromatic carbocycles. The van der Waals surface area contributed by atoms with Crippen LogP contribution in [0.15, 0.2) is 24.3 Å². The van der Waals surface area contributed by atoms with Crippen molar-refractivity contribution in [3.8, 4) is 0 Å². The van der Waals surface area contributed by atoms with E-state index in [-0.39, 0.29) is 37.2 Å². The number of nitrogens with zero attached hydrogens (tertiary/aromatic N) is 1. The molecule has 1 aromatic rings. The van der Waals surface area contributed by atoms with Gasteiger partial charge in [0.25, 0.3) is 0 Å². The minimum absolute atomic E-state index is 0.0974. The number of rotatable bonds is 10. The fourth-order valence-corrected chi connectivity index (χ4v) is 2.38. The van der Waals surface area contributed by atoms with Crippen LogP contribution in [0.25, 0.3) is 0 Å². The van der Waals surface area contributed by atoms with E-state index in [0.29, 0.717) is 19.4 Å². The van der Waals surface area contributed by atoms with E-state index in [1.54, 1.807) is 0 Å². The summed E-state index contributed by atoms with van der Waals surface area (Å²) in [5, 5.41) is 11.4. The first-order valence-corrected chi connectivity index (χ1v) is 8.59. The van der Waals surface area contributed by atoms with Gasteiger partial charge in [0.05, 0.1) is 13.0 Å². The molecule has 6 heteroatoms. The molecule has 0 saturated heterocycles. The van der Waals surface area contributed by atoms with Crippen molar-refractivity contribution in [3.63, 3.8) is 0 Å². The molecular formula is C19H28N2O4. The van der Waals surface area contributed by atoms with E-state index < -0.39 is 5.97 Å². The molecule has 0 fully saturated rings. The van der Waals surface area contributed by atoms with Gasteiger partial charge >= 0.3 is 5.97 Å². The molecule has 0 aliphatic carbocycles. The Morgan fingerprint density at radius 3 is 2.32 bits per heavy atom. The van der Waals surface area contributed by atoms with Gasteiger partial charge in [0.2, 0.25) is 11.8 Å². The van der Waals surface area contributed by atoms with Crippen molar-refractivity contribution in [3.05, 3.63) is 35.4 Å². The van der Waals surface area contributed by atoms with Crippen molar-refractivity contribution in [1.82, 2.24) is 10.2 Å². The second-order valence-corrected chi connectivity index (χ2v) is 6.64. The highest BCUT2D eigenvalue weighted by atomic mass is 16.4. The average molecular weight is 348 g/mol. The fourth-order valence-electron chi connectivity index (χ4n) is 2.38. The third kappa shape index (κ3) is 8.88. The zero-order valence-corrected chi connectivity index (χ0v) is 15.2. The van der Waals surface area contributed by atoms with Crippen LogP contribution in [0.2, 0.25) is 0 Å². The monoisotopic (exact) mass is 348 g/mol. The Hall–Kier alpha value is -2.37. The molecule has 0 radical (unpaired) electrons. The van der Waals surface area contributed by atoms with Crippen molar-refractivity contribution in [1.29, 1.82) is 0 Å². The second kappa shape index (κ2) is 10.5. The lowest BCUT2D eigenvalue weighted by atomic mass is 10.1. The number of carboxylic acids is 1. The van der Waals surface area contributed by atoms with Gasteiger partial charge in [-0.3, -0.25) is 14.4 Å². The normalized spacial score (nSPS) is 10.6. The Bertz CT molecular complexity index is 582. The van der Waals surface area contributed by atoms with Crippen LogP contribution in [-0.2, 0) is 20.8 Å². The van der Waals surface area contributed by atoms with Gasteiger partial charge in [0.15, 0.2) is 0 Å². The van der Waals surface area contributed by atoms with Crippen molar-refractivity contribution in [2.75, 3.05) is 19.6 Å². The second-order valence-electron chi connectivity index (χ2n) is 6.64. The first-order chi connectivity index (χ1) is 11.8. The minimum Gasteiger partial charge on any atom is -0.481 e. The van der Waals surface area contributed by atoms with E-state index in [9.17, 15) is 14.4 Å². The largest absolute Gasteiger partial charge is 0.481 e. The molecule has 0 saturated carbocycles. The van der Waals surface area contributed by atoms with Crippen LogP contribution in [0.3, 0.4) is 0 Å². The number of carboxylic acid groups (broad SMARTS) is 1. The van der Waals surface area contributed by atoms with E-state index >= 15 is 0 Å². The highest BCUT2D eigenvalue weighted by Gasteiger charge is 2.16. The average Bonchev–Trinajstić information content (AvgIpc) is 2.55. The molecule has 25 heavy (non-hydrogen) atoms. The van der Waals surface area contributed by atoms with Crippen molar-refractivity contribution >= 4 is 17.8 Å². The van der Waals surface area contributed by atoms with Gasteiger partial charge in [0, 0.05) is 19.5 Å². The molecule has 0 unspecified atom stereocenters. The maximum Gasteiger partial charge on any atom is 0.305 e. The quantitative estimate of drug-likeness (QED) is 0.677. The highest BCUT2D eigenvalue weighted by Crippen LogP contribution is 2.06. The third-order valence-electron chi connectivity index (χ3n) is 3.73. The van der Waals surface area contributed by atoms with Crippen LogP contribution in [0, 0.1) is 12.8 Å². The third-order valence-corrected chi connectivity index (χ3v) is 3.73. The Morgan fingerprint density at radius 1 is 1.12 bits per heavy atom. The lowest BCUT2D eigenvalue weighted by molar-refractivity contribution is -0.139. The number of carbonyl (C=O) groups is 3.